The summed E-state index contributed by atoms with van der Waals surface area (Å²) in [7, 11) is 0. The highest BCUT2D eigenvalue weighted by Crippen LogP contribution is 2.13. The molecule has 0 aliphatic heterocycles. The normalized spacial score (nSPS) is 14.3. The molecule has 0 rings (SSSR count). The maximum Gasteiger partial charge on any atom is 0.408 e. The highest BCUT2D eigenvalue weighted by Gasteiger charge is 2.26. The first-order valence-electron chi connectivity index (χ1n) is 5.65. The van der Waals surface area contributed by atoms with Gasteiger partial charge in [0.1, 0.15) is 12.8 Å². The van der Waals surface area contributed by atoms with Gasteiger partial charge in [-0.15, -0.1) is 0 Å². The predicted octanol–water partition coefficient (Wildman–Crippen LogP) is 0.397. The minimum atomic E-state index is -4.35. The average molecular weight is 268 g/mol. The van der Waals surface area contributed by atoms with E-state index in [1.165, 1.54) is 0 Å². The molecule has 0 aromatic carbocycles. The van der Waals surface area contributed by atoms with E-state index in [0.29, 0.717) is 32.4 Å². The lowest BCUT2D eigenvalue weighted by molar-refractivity contribution is -0.118. The zero-order valence-electron chi connectivity index (χ0n) is 10.0. The van der Waals surface area contributed by atoms with Crippen LogP contribution >= 0.6 is 0 Å². The Morgan fingerprint density at radius 2 is 2.06 bits per heavy atom. The Morgan fingerprint density at radius 3 is 2.56 bits per heavy atom. The molecule has 0 amide bonds. The molecular formula is C10H19F3N4O. The molecule has 1 atom stereocenters. The number of alkyl halides is 3. The van der Waals surface area contributed by atoms with Crippen molar-refractivity contribution in [3.8, 4) is 0 Å². The van der Waals surface area contributed by atoms with Gasteiger partial charge in [-0.1, -0.05) is 0 Å². The van der Waals surface area contributed by atoms with E-state index in [9.17, 15) is 18.0 Å². The van der Waals surface area contributed by atoms with E-state index < -0.39 is 12.7 Å². The fourth-order valence-corrected chi connectivity index (χ4v) is 1.31. The van der Waals surface area contributed by atoms with Crippen LogP contribution in [0.4, 0.5) is 13.2 Å². The first-order chi connectivity index (χ1) is 8.39. The number of carbonyl (C=O) groups excluding carboxylic acids is 1. The highest BCUT2D eigenvalue weighted by molar-refractivity contribution is 5.77. The third kappa shape index (κ3) is 9.88. The van der Waals surface area contributed by atoms with Gasteiger partial charge in [-0.05, 0) is 25.8 Å². The summed E-state index contributed by atoms with van der Waals surface area (Å²) >= 11 is 0. The van der Waals surface area contributed by atoms with E-state index in [2.05, 4.69) is 10.3 Å². The van der Waals surface area contributed by atoms with E-state index in [4.69, 9.17) is 11.5 Å². The molecule has 0 saturated heterocycles. The SMILES string of the molecule is NCCC(C=O)CCCNC(N)=NCC(F)(F)F. The number of halogens is 3. The van der Waals surface area contributed by atoms with Gasteiger partial charge in [-0.3, -0.25) is 0 Å². The van der Waals surface area contributed by atoms with E-state index in [1.54, 1.807) is 0 Å². The third-order valence-corrected chi connectivity index (χ3v) is 2.22. The second-order valence-electron chi connectivity index (χ2n) is 3.86. The molecule has 0 saturated carbocycles. The molecule has 0 bridgehead atoms. The zero-order chi connectivity index (χ0) is 14.0. The summed E-state index contributed by atoms with van der Waals surface area (Å²) in [5, 5.41) is 2.56. The van der Waals surface area contributed by atoms with Crippen molar-refractivity contribution >= 4 is 12.2 Å². The maximum atomic E-state index is 11.8. The van der Waals surface area contributed by atoms with Crippen LogP contribution in [0.25, 0.3) is 0 Å². The first kappa shape index (κ1) is 16.7. The molecule has 5 N–H and O–H groups in total. The molecule has 0 aromatic heterocycles. The number of rotatable bonds is 8. The average Bonchev–Trinajstić information content (AvgIpc) is 2.29. The molecule has 106 valence electrons. The quantitative estimate of drug-likeness (QED) is 0.257. The Morgan fingerprint density at radius 1 is 1.39 bits per heavy atom. The molecule has 18 heavy (non-hydrogen) atoms. The van der Waals surface area contributed by atoms with E-state index in [0.717, 1.165) is 6.29 Å². The van der Waals surface area contributed by atoms with Gasteiger partial charge >= 0.3 is 6.18 Å². The minimum Gasteiger partial charge on any atom is -0.370 e. The number of nitrogens with two attached hydrogens (primary N) is 2. The number of nitrogens with zero attached hydrogens (tertiary/aromatic N) is 1. The molecule has 0 fully saturated rings. The summed E-state index contributed by atoms with van der Waals surface area (Å²) < 4.78 is 35.4. The summed E-state index contributed by atoms with van der Waals surface area (Å²) in [4.78, 5) is 13.7. The molecule has 0 aliphatic carbocycles. The first-order valence-corrected chi connectivity index (χ1v) is 5.65. The van der Waals surface area contributed by atoms with Crippen molar-refractivity contribution < 1.29 is 18.0 Å². The standard InChI is InChI=1S/C10H19F3N4O/c11-10(12,13)7-17-9(15)16-5-1-2-8(6-18)3-4-14/h6,8H,1-5,7,14H2,(H3,15,16,17). The van der Waals surface area contributed by atoms with Gasteiger partial charge in [0.2, 0.25) is 0 Å². The monoisotopic (exact) mass is 268 g/mol. The van der Waals surface area contributed by atoms with Crippen LogP contribution in [-0.2, 0) is 4.79 Å². The molecule has 0 aliphatic rings. The molecule has 1 unspecified atom stereocenters. The molecule has 0 aromatic rings. The van der Waals surface area contributed by atoms with Crippen molar-refractivity contribution in [1.82, 2.24) is 5.32 Å². The van der Waals surface area contributed by atoms with Crippen molar-refractivity contribution in [3.05, 3.63) is 0 Å². The number of aliphatic imine (C=N–C) groups is 1. The van der Waals surface area contributed by atoms with Crippen molar-refractivity contribution in [3.63, 3.8) is 0 Å². The van der Waals surface area contributed by atoms with Gasteiger partial charge in [-0.25, -0.2) is 4.99 Å². The Balaban J connectivity index is 3.74. The summed E-state index contributed by atoms with van der Waals surface area (Å²) in [6, 6.07) is 0. The number of hydrogen-bond acceptors (Lipinski definition) is 3. The number of hydrogen-bond donors (Lipinski definition) is 3. The zero-order valence-corrected chi connectivity index (χ0v) is 10.0. The molecule has 8 heteroatoms. The smallest absolute Gasteiger partial charge is 0.370 e. The van der Waals surface area contributed by atoms with Crippen molar-refractivity contribution in [2.75, 3.05) is 19.6 Å². The van der Waals surface area contributed by atoms with Crippen LogP contribution in [-0.4, -0.2) is 38.1 Å². The highest BCUT2D eigenvalue weighted by atomic mass is 19.4. The van der Waals surface area contributed by atoms with E-state index >= 15 is 0 Å². The molecule has 0 radical (unpaired) electrons. The van der Waals surface area contributed by atoms with Gasteiger partial charge in [0.05, 0.1) is 0 Å². The number of nitrogens with one attached hydrogen (secondary N) is 1. The van der Waals surface area contributed by atoms with Gasteiger partial charge in [0, 0.05) is 12.5 Å². The molecule has 0 heterocycles. The lowest BCUT2D eigenvalue weighted by Gasteiger charge is -2.10. The van der Waals surface area contributed by atoms with Crippen molar-refractivity contribution in [2.24, 2.45) is 22.4 Å². The Labute approximate surface area is 104 Å². The summed E-state index contributed by atoms with van der Waals surface area (Å²) in [5.74, 6) is -0.348. The van der Waals surface area contributed by atoms with Crippen LogP contribution < -0.4 is 16.8 Å². The lowest BCUT2D eigenvalue weighted by Crippen LogP contribution is -2.34. The van der Waals surface area contributed by atoms with Gasteiger partial charge in [0.25, 0.3) is 0 Å². The van der Waals surface area contributed by atoms with Crippen LogP contribution in [0.15, 0.2) is 4.99 Å². The Kier molecular flexibility index (Phi) is 8.10. The fraction of sp³-hybridized carbons (Fsp3) is 0.800. The Hall–Kier alpha value is -1.31. The van der Waals surface area contributed by atoms with Crippen LogP contribution in [0.2, 0.25) is 0 Å². The predicted molar refractivity (Wildman–Crippen MR) is 63.0 cm³/mol. The minimum absolute atomic E-state index is 0.106. The van der Waals surface area contributed by atoms with Crippen LogP contribution in [0.5, 0.6) is 0 Å². The molecular weight excluding hydrogens is 249 g/mol. The second kappa shape index (κ2) is 8.73. The van der Waals surface area contributed by atoms with Crippen LogP contribution in [0.3, 0.4) is 0 Å². The van der Waals surface area contributed by atoms with Gasteiger partial charge < -0.3 is 21.6 Å². The van der Waals surface area contributed by atoms with Crippen LogP contribution in [0, 0.1) is 5.92 Å². The van der Waals surface area contributed by atoms with Gasteiger partial charge in [0.15, 0.2) is 5.96 Å². The summed E-state index contributed by atoms with van der Waals surface area (Å²) in [6.07, 6.45) is -1.66. The molecule has 0 spiro atoms. The topological polar surface area (TPSA) is 93.5 Å². The summed E-state index contributed by atoms with van der Waals surface area (Å²) in [5.41, 5.74) is 10.6. The van der Waals surface area contributed by atoms with E-state index in [-0.39, 0.29) is 11.9 Å². The van der Waals surface area contributed by atoms with Gasteiger partial charge in [-0.2, -0.15) is 13.2 Å². The van der Waals surface area contributed by atoms with Crippen LogP contribution in [0.1, 0.15) is 19.3 Å². The number of aldehydes is 1. The maximum absolute atomic E-state index is 11.8. The molecule has 5 nitrogen and oxygen atoms in total. The van der Waals surface area contributed by atoms with Crippen molar-refractivity contribution in [1.29, 1.82) is 0 Å². The Bertz CT molecular complexity index is 268. The number of carbonyl (C=O) groups is 1. The largest absolute Gasteiger partial charge is 0.408 e. The second-order valence-corrected chi connectivity index (χ2v) is 3.86. The van der Waals surface area contributed by atoms with E-state index in [1.807, 2.05) is 0 Å². The summed E-state index contributed by atoms with van der Waals surface area (Å²) in [6.45, 7) is -0.482. The van der Waals surface area contributed by atoms with Crippen molar-refractivity contribution in [2.45, 2.75) is 25.4 Å². The lowest BCUT2D eigenvalue weighted by atomic mass is 10.0. The number of guanidine groups is 1. The fourth-order valence-electron chi connectivity index (χ4n) is 1.31. The third-order valence-electron chi connectivity index (χ3n) is 2.22.